The first-order valence-electron chi connectivity index (χ1n) is 6.21. The molecule has 6 heteroatoms. The minimum Gasteiger partial charge on any atom is -0.478 e. The van der Waals surface area contributed by atoms with Gasteiger partial charge in [0.2, 0.25) is 0 Å². The molecule has 1 heterocycles. The minimum absolute atomic E-state index is 0.193. The van der Waals surface area contributed by atoms with Crippen LogP contribution in [-0.4, -0.2) is 51.7 Å². The molecule has 0 radical (unpaired) electrons. The number of carbonyl (C=O) groups excluding carboxylic acids is 1. The Morgan fingerprint density at radius 2 is 2.20 bits per heavy atom. The average Bonchev–Trinajstić information content (AvgIpc) is 2.41. The number of pyridine rings is 1. The zero-order valence-corrected chi connectivity index (χ0v) is 11.5. The molecule has 2 N–H and O–H groups in total. The predicted octanol–water partition coefficient (Wildman–Crippen LogP) is 1.02. The number of aliphatic hydroxyl groups excluding tert-OH is 1. The summed E-state index contributed by atoms with van der Waals surface area (Å²) in [6, 6.07) is 3.26. The molecule has 0 aliphatic heterocycles. The molecule has 0 saturated carbocycles. The first-order chi connectivity index (χ1) is 9.41. The number of hydrogen-bond acceptors (Lipinski definition) is 4. The molecule has 0 fully saturated rings. The fraction of sp³-hybridized carbons (Fsp3) is 0.357. The summed E-state index contributed by atoms with van der Waals surface area (Å²) in [4.78, 5) is 28.2. The van der Waals surface area contributed by atoms with Crippen molar-refractivity contribution < 1.29 is 19.8 Å². The number of aromatic nitrogens is 1. The highest BCUT2D eigenvalue weighted by molar-refractivity contribution is 5.97. The van der Waals surface area contributed by atoms with Crippen LogP contribution < -0.4 is 0 Å². The van der Waals surface area contributed by atoms with Crippen molar-refractivity contribution >= 4 is 18.0 Å². The molecule has 6 nitrogen and oxygen atoms in total. The third-order valence-corrected chi connectivity index (χ3v) is 2.68. The van der Waals surface area contributed by atoms with Gasteiger partial charge in [-0.25, -0.2) is 4.79 Å². The number of amides is 1. The molecule has 1 aromatic rings. The molecule has 1 amide bonds. The summed E-state index contributed by atoms with van der Waals surface area (Å²) in [6.07, 6.45) is 3.76. The van der Waals surface area contributed by atoms with Crippen LogP contribution in [0.4, 0.5) is 0 Å². The summed E-state index contributed by atoms with van der Waals surface area (Å²) in [5, 5.41) is 17.9. The number of carbonyl (C=O) groups is 2. The average molecular weight is 278 g/mol. The maximum Gasteiger partial charge on any atom is 0.328 e. The Morgan fingerprint density at radius 1 is 1.50 bits per heavy atom. The third-order valence-electron chi connectivity index (χ3n) is 2.68. The van der Waals surface area contributed by atoms with Crippen molar-refractivity contribution in [2.24, 2.45) is 0 Å². The Kier molecular flexibility index (Phi) is 5.86. The van der Waals surface area contributed by atoms with Crippen LogP contribution in [0.25, 0.3) is 6.08 Å². The van der Waals surface area contributed by atoms with Gasteiger partial charge < -0.3 is 15.1 Å². The fourth-order valence-corrected chi connectivity index (χ4v) is 1.55. The Balaban J connectivity index is 2.89. The van der Waals surface area contributed by atoms with E-state index in [-0.39, 0.29) is 11.6 Å². The minimum atomic E-state index is -1.09. The van der Waals surface area contributed by atoms with Crippen LogP contribution in [0, 0.1) is 0 Å². The second-order valence-corrected chi connectivity index (χ2v) is 4.48. The molecule has 0 bridgehead atoms. The molecule has 1 atom stereocenters. The molecule has 0 aromatic carbocycles. The first kappa shape index (κ1) is 15.8. The lowest BCUT2D eigenvalue weighted by atomic mass is 10.1. The maximum atomic E-state index is 12.2. The molecule has 0 spiro atoms. The van der Waals surface area contributed by atoms with Gasteiger partial charge in [-0.1, -0.05) is 6.07 Å². The van der Waals surface area contributed by atoms with E-state index in [0.717, 1.165) is 6.08 Å². The lowest BCUT2D eigenvalue weighted by Gasteiger charge is -2.18. The number of rotatable bonds is 6. The Labute approximate surface area is 117 Å². The zero-order valence-electron chi connectivity index (χ0n) is 11.5. The SMILES string of the molecule is CC(O)CCN(C)C(=O)c1ncccc1/C=C/C(=O)O. The summed E-state index contributed by atoms with van der Waals surface area (Å²) >= 11 is 0. The normalized spacial score (nSPS) is 12.3. The predicted molar refractivity (Wildman–Crippen MR) is 74.2 cm³/mol. The van der Waals surface area contributed by atoms with Crippen molar-refractivity contribution in [3.05, 3.63) is 35.7 Å². The summed E-state index contributed by atoms with van der Waals surface area (Å²) < 4.78 is 0. The van der Waals surface area contributed by atoms with E-state index in [4.69, 9.17) is 5.11 Å². The van der Waals surface area contributed by atoms with Gasteiger partial charge >= 0.3 is 5.97 Å². The van der Waals surface area contributed by atoms with E-state index >= 15 is 0 Å². The van der Waals surface area contributed by atoms with Gasteiger partial charge in [-0.15, -0.1) is 0 Å². The van der Waals surface area contributed by atoms with Crippen molar-refractivity contribution in [3.63, 3.8) is 0 Å². The van der Waals surface area contributed by atoms with Crippen molar-refractivity contribution in [3.8, 4) is 0 Å². The molecule has 0 saturated heterocycles. The zero-order chi connectivity index (χ0) is 15.1. The maximum absolute atomic E-state index is 12.2. The monoisotopic (exact) mass is 278 g/mol. The fourth-order valence-electron chi connectivity index (χ4n) is 1.55. The van der Waals surface area contributed by atoms with E-state index in [1.54, 1.807) is 26.1 Å². The van der Waals surface area contributed by atoms with Crippen LogP contribution in [0.3, 0.4) is 0 Å². The van der Waals surface area contributed by atoms with E-state index in [0.29, 0.717) is 18.5 Å². The molecular formula is C14H18N2O4. The number of carboxylic acids is 1. The van der Waals surface area contributed by atoms with Gasteiger partial charge in [0.05, 0.1) is 6.10 Å². The van der Waals surface area contributed by atoms with Gasteiger partial charge in [-0.2, -0.15) is 0 Å². The number of aliphatic hydroxyl groups is 1. The molecule has 0 aliphatic carbocycles. The molecule has 0 aliphatic rings. The van der Waals surface area contributed by atoms with Crippen molar-refractivity contribution in [1.29, 1.82) is 0 Å². The Bertz CT molecular complexity index is 512. The van der Waals surface area contributed by atoms with Crippen molar-refractivity contribution in [2.75, 3.05) is 13.6 Å². The molecule has 108 valence electrons. The second-order valence-electron chi connectivity index (χ2n) is 4.48. The van der Waals surface area contributed by atoms with Gasteiger partial charge in [0.1, 0.15) is 5.69 Å². The highest BCUT2D eigenvalue weighted by Gasteiger charge is 2.16. The van der Waals surface area contributed by atoms with Gasteiger partial charge in [-0.05, 0) is 25.5 Å². The molecule has 1 aromatic heterocycles. The smallest absolute Gasteiger partial charge is 0.328 e. The number of aliphatic carboxylic acids is 1. The largest absolute Gasteiger partial charge is 0.478 e. The van der Waals surface area contributed by atoms with Crippen LogP contribution in [0.15, 0.2) is 24.4 Å². The first-order valence-corrected chi connectivity index (χ1v) is 6.21. The van der Waals surface area contributed by atoms with Crippen molar-refractivity contribution in [2.45, 2.75) is 19.4 Å². The third kappa shape index (κ3) is 4.81. The molecule has 1 rings (SSSR count). The van der Waals surface area contributed by atoms with Crippen LogP contribution in [0.5, 0.6) is 0 Å². The van der Waals surface area contributed by atoms with Gasteiger partial charge in [0.15, 0.2) is 0 Å². The number of carboxylic acid groups (broad SMARTS) is 1. The van der Waals surface area contributed by atoms with E-state index in [2.05, 4.69) is 4.98 Å². The summed E-state index contributed by atoms with van der Waals surface area (Å²) in [5.74, 6) is -1.40. The summed E-state index contributed by atoms with van der Waals surface area (Å²) in [7, 11) is 1.62. The molecule has 1 unspecified atom stereocenters. The van der Waals surface area contributed by atoms with Gasteiger partial charge in [0, 0.05) is 31.4 Å². The number of nitrogens with zero attached hydrogens (tertiary/aromatic N) is 2. The highest BCUT2D eigenvalue weighted by Crippen LogP contribution is 2.10. The highest BCUT2D eigenvalue weighted by atomic mass is 16.4. The van der Waals surface area contributed by atoms with Crippen LogP contribution in [0.2, 0.25) is 0 Å². The van der Waals surface area contributed by atoms with Crippen molar-refractivity contribution in [1.82, 2.24) is 9.88 Å². The van der Waals surface area contributed by atoms with Crippen LogP contribution >= 0.6 is 0 Å². The lowest BCUT2D eigenvalue weighted by molar-refractivity contribution is -0.131. The van der Waals surface area contributed by atoms with Crippen LogP contribution in [0.1, 0.15) is 29.4 Å². The summed E-state index contributed by atoms with van der Waals surface area (Å²) in [5.41, 5.74) is 0.641. The van der Waals surface area contributed by atoms with Gasteiger partial charge in [-0.3, -0.25) is 9.78 Å². The van der Waals surface area contributed by atoms with E-state index in [1.807, 2.05) is 0 Å². The molecular weight excluding hydrogens is 260 g/mol. The van der Waals surface area contributed by atoms with Crippen LogP contribution in [-0.2, 0) is 4.79 Å². The Morgan fingerprint density at radius 3 is 2.80 bits per heavy atom. The standard InChI is InChI=1S/C14H18N2O4/c1-10(17)7-9-16(2)14(20)13-11(4-3-8-15-13)5-6-12(18)19/h3-6,8,10,17H,7,9H2,1-2H3,(H,18,19)/b6-5+. The van der Waals surface area contributed by atoms with E-state index in [9.17, 15) is 14.7 Å². The Hall–Kier alpha value is -2.21. The van der Waals surface area contributed by atoms with E-state index < -0.39 is 12.1 Å². The van der Waals surface area contributed by atoms with E-state index in [1.165, 1.54) is 17.2 Å². The number of hydrogen-bond donors (Lipinski definition) is 2. The molecule has 20 heavy (non-hydrogen) atoms. The summed E-state index contributed by atoms with van der Waals surface area (Å²) in [6.45, 7) is 2.05. The quantitative estimate of drug-likeness (QED) is 0.758. The topological polar surface area (TPSA) is 90.7 Å². The second kappa shape index (κ2) is 7.40. The lowest BCUT2D eigenvalue weighted by Crippen LogP contribution is -2.30. The van der Waals surface area contributed by atoms with Gasteiger partial charge in [0.25, 0.3) is 5.91 Å².